The van der Waals surface area contributed by atoms with Gasteiger partial charge in [0.1, 0.15) is 6.10 Å². The van der Waals surface area contributed by atoms with Crippen molar-refractivity contribution in [3.8, 4) is 0 Å². The molecular formula is C30H38F3NO3. The van der Waals surface area contributed by atoms with Gasteiger partial charge in [-0.3, -0.25) is 4.98 Å². The Bertz CT molecular complexity index is 1140. The first-order valence-corrected chi connectivity index (χ1v) is 13.2. The summed E-state index contributed by atoms with van der Waals surface area (Å²) in [4.78, 5) is 5.14. The Balaban J connectivity index is 1.97. The predicted octanol–water partition coefficient (Wildman–Crippen LogP) is 7.29. The van der Waals surface area contributed by atoms with E-state index in [0.29, 0.717) is 37.0 Å². The van der Waals surface area contributed by atoms with Crippen molar-refractivity contribution in [2.24, 2.45) is 5.41 Å². The molecule has 37 heavy (non-hydrogen) atoms. The molecule has 3 unspecified atom stereocenters. The van der Waals surface area contributed by atoms with Crippen molar-refractivity contribution in [2.75, 3.05) is 13.7 Å². The zero-order chi connectivity index (χ0) is 27.0. The van der Waals surface area contributed by atoms with Crippen LogP contribution in [0.5, 0.6) is 0 Å². The molecular weight excluding hydrogens is 479 g/mol. The summed E-state index contributed by atoms with van der Waals surface area (Å²) in [7, 11) is 1.65. The number of allylic oxidation sites excluding steroid dienone is 2. The van der Waals surface area contributed by atoms with E-state index in [1.807, 2.05) is 0 Å². The number of hydrogen-bond acceptors (Lipinski definition) is 4. The topological polar surface area (TPSA) is 62.6 Å². The second-order valence-corrected chi connectivity index (χ2v) is 11.2. The van der Waals surface area contributed by atoms with Gasteiger partial charge in [0.05, 0.1) is 17.4 Å². The number of hydrogen-bond donors (Lipinski definition) is 2. The largest absolute Gasteiger partial charge is 0.416 e. The second kappa shape index (κ2) is 10.9. The molecule has 0 saturated carbocycles. The van der Waals surface area contributed by atoms with E-state index in [-0.39, 0.29) is 11.3 Å². The lowest BCUT2D eigenvalue weighted by molar-refractivity contribution is -0.137. The van der Waals surface area contributed by atoms with Crippen LogP contribution >= 0.6 is 0 Å². The van der Waals surface area contributed by atoms with Gasteiger partial charge in [0.2, 0.25) is 0 Å². The van der Waals surface area contributed by atoms with Crippen LogP contribution in [0.15, 0.2) is 30.3 Å². The van der Waals surface area contributed by atoms with E-state index in [9.17, 15) is 23.4 Å². The van der Waals surface area contributed by atoms with Gasteiger partial charge >= 0.3 is 6.18 Å². The van der Waals surface area contributed by atoms with Gasteiger partial charge in [-0.15, -0.1) is 0 Å². The Morgan fingerprint density at radius 1 is 1.19 bits per heavy atom. The summed E-state index contributed by atoms with van der Waals surface area (Å²) in [6.07, 6.45) is 1.31. The molecule has 0 aliphatic heterocycles. The van der Waals surface area contributed by atoms with E-state index in [1.54, 1.807) is 7.11 Å². The molecule has 2 aliphatic carbocycles. The standard InChI is InChI=1S/C30H38F3NO3/c1-5-18(14-15-37-4)27-26(28(36)20-10-12-21(13-11-20)30(31,32)33)24(19-8-6-7-9-19)25-22(34-27)16-29(2,3)17-23(25)35/h8,10-13,18,23,28,35-36H,5-7,9,14-17H2,1-4H3. The lowest BCUT2D eigenvalue weighted by Gasteiger charge is -2.38. The molecule has 202 valence electrons. The SMILES string of the molecule is CCC(CCOC)c1nc2c(c(C3=CCCC3)c1C(O)c1ccc(C(F)(F)F)cc1)C(O)CC(C)(C)C2. The molecule has 4 rings (SSSR count). The van der Waals surface area contributed by atoms with Crippen LogP contribution in [-0.4, -0.2) is 28.9 Å². The minimum Gasteiger partial charge on any atom is -0.388 e. The number of aromatic nitrogens is 1. The fraction of sp³-hybridized carbons (Fsp3) is 0.567. The minimum atomic E-state index is -4.45. The van der Waals surface area contributed by atoms with Gasteiger partial charge in [0, 0.05) is 36.5 Å². The normalized spacial score (nSPS) is 20.9. The number of halogens is 3. The average Bonchev–Trinajstić information content (AvgIpc) is 3.37. The van der Waals surface area contributed by atoms with Gasteiger partial charge in [-0.2, -0.15) is 13.2 Å². The van der Waals surface area contributed by atoms with Crippen molar-refractivity contribution in [3.63, 3.8) is 0 Å². The van der Waals surface area contributed by atoms with Crippen molar-refractivity contribution in [1.82, 2.24) is 4.98 Å². The number of benzene rings is 1. The van der Waals surface area contributed by atoms with Crippen molar-refractivity contribution < 1.29 is 28.1 Å². The highest BCUT2D eigenvalue weighted by atomic mass is 19.4. The third-order valence-corrected chi connectivity index (χ3v) is 7.85. The van der Waals surface area contributed by atoms with E-state index >= 15 is 0 Å². The van der Waals surface area contributed by atoms with Crippen LogP contribution in [0.1, 0.15) is 117 Å². The first-order chi connectivity index (χ1) is 17.5. The molecule has 0 amide bonds. The molecule has 2 aromatic rings. The molecule has 2 N–H and O–H groups in total. The molecule has 1 aromatic carbocycles. The highest BCUT2D eigenvalue weighted by molar-refractivity contribution is 5.75. The van der Waals surface area contributed by atoms with E-state index in [2.05, 4.69) is 26.8 Å². The quantitative estimate of drug-likeness (QED) is 0.386. The summed E-state index contributed by atoms with van der Waals surface area (Å²) in [5.41, 5.74) is 4.45. The monoisotopic (exact) mass is 517 g/mol. The number of aliphatic hydroxyl groups excluding tert-OH is 2. The molecule has 0 bridgehead atoms. The minimum absolute atomic E-state index is 0.00715. The van der Waals surface area contributed by atoms with Crippen molar-refractivity contribution in [1.29, 1.82) is 0 Å². The Morgan fingerprint density at radius 3 is 2.46 bits per heavy atom. The summed E-state index contributed by atoms with van der Waals surface area (Å²) in [5.74, 6) is -0.00715. The number of fused-ring (bicyclic) bond motifs is 1. The molecule has 0 saturated heterocycles. The van der Waals surface area contributed by atoms with Crippen LogP contribution in [0.25, 0.3) is 5.57 Å². The molecule has 4 nitrogen and oxygen atoms in total. The number of nitrogens with zero attached hydrogens (tertiary/aromatic N) is 1. The molecule has 0 fully saturated rings. The summed E-state index contributed by atoms with van der Waals surface area (Å²) in [6.45, 7) is 6.85. The van der Waals surface area contributed by atoms with Crippen LogP contribution in [-0.2, 0) is 17.3 Å². The maximum atomic E-state index is 13.2. The molecule has 7 heteroatoms. The third kappa shape index (κ3) is 5.79. The molecule has 1 heterocycles. The van der Waals surface area contributed by atoms with E-state index < -0.39 is 23.9 Å². The maximum Gasteiger partial charge on any atom is 0.416 e. The number of aliphatic hydroxyl groups is 2. The highest BCUT2D eigenvalue weighted by Gasteiger charge is 2.39. The van der Waals surface area contributed by atoms with Crippen LogP contribution in [0.4, 0.5) is 13.2 Å². The van der Waals surface area contributed by atoms with Crippen molar-refractivity contribution in [3.05, 3.63) is 69.5 Å². The van der Waals surface area contributed by atoms with Crippen molar-refractivity contribution in [2.45, 2.75) is 90.0 Å². The Kier molecular flexibility index (Phi) is 8.17. The zero-order valence-electron chi connectivity index (χ0n) is 22.2. The number of rotatable bonds is 8. The molecule has 0 spiro atoms. The fourth-order valence-corrected chi connectivity index (χ4v) is 5.98. The molecule has 3 atom stereocenters. The van der Waals surface area contributed by atoms with Crippen LogP contribution in [0, 0.1) is 5.41 Å². The third-order valence-electron chi connectivity index (χ3n) is 7.85. The highest BCUT2D eigenvalue weighted by Crippen LogP contribution is 2.49. The number of methoxy groups -OCH3 is 1. The summed E-state index contributed by atoms with van der Waals surface area (Å²) >= 11 is 0. The van der Waals surface area contributed by atoms with Gasteiger partial charge < -0.3 is 14.9 Å². The lowest BCUT2D eigenvalue weighted by Crippen LogP contribution is -2.30. The number of alkyl halides is 3. The number of ether oxygens (including phenoxy) is 1. The van der Waals surface area contributed by atoms with Crippen LogP contribution in [0.2, 0.25) is 0 Å². The van der Waals surface area contributed by atoms with E-state index in [4.69, 9.17) is 9.72 Å². The van der Waals surface area contributed by atoms with E-state index in [1.165, 1.54) is 12.1 Å². The Hall–Kier alpha value is -2.22. The first kappa shape index (κ1) is 27.8. The zero-order valence-corrected chi connectivity index (χ0v) is 22.2. The Labute approximate surface area is 217 Å². The summed E-state index contributed by atoms with van der Waals surface area (Å²) < 4.78 is 45.0. The predicted molar refractivity (Wildman–Crippen MR) is 138 cm³/mol. The van der Waals surface area contributed by atoms with Crippen LogP contribution in [0.3, 0.4) is 0 Å². The van der Waals surface area contributed by atoms with Gasteiger partial charge in [-0.05, 0) is 79.2 Å². The van der Waals surface area contributed by atoms with Gasteiger partial charge in [0.25, 0.3) is 0 Å². The second-order valence-electron chi connectivity index (χ2n) is 11.2. The first-order valence-electron chi connectivity index (χ1n) is 13.2. The van der Waals surface area contributed by atoms with Gasteiger partial charge in [-0.1, -0.05) is 39.0 Å². The number of pyridine rings is 1. The van der Waals surface area contributed by atoms with Crippen molar-refractivity contribution >= 4 is 5.57 Å². The maximum absolute atomic E-state index is 13.2. The average molecular weight is 518 g/mol. The van der Waals surface area contributed by atoms with Crippen LogP contribution < -0.4 is 0 Å². The molecule has 1 aromatic heterocycles. The molecule has 2 aliphatic rings. The van der Waals surface area contributed by atoms with Gasteiger partial charge in [0.15, 0.2) is 0 Å². The van der Waals surface area contributed by atoms with E-state index in [0.717, 1.165) is 65.9 Å². The molecule has 0 radical (unpaired) electrons. The fourth-order valence-electron chi connectivity index (χ4n) is 5.98. The lowest BCUT2D eigenvalue weighted by atomic mass is 9.71. The Morgan fingerprint density at radius 2 is 1.89 bits per heavy atom. The summed E-state index contributed by atoms with van der Waals surface area (Å²) in [6, 6.07) is 4.72. The smallest absolute Gasteiger partial charge is 0.388 e. The van der Waals surface area contributed by atoms with Gasteiger partial charge in [-0.25, -0.2) is 0 Å². The summed E-state index contributed by atoms with van der Waals surface area (Å²) in [5, 5.41) is 23.2.